The summed E-state index contributed by atoms with van der Waals surface area (Å²) >= 11 is 0. The van der Waals surface area contributed by atoms with Gasteiger partial charge in [-0.05, 0) is 30.5 Å². The van der Waals surface area contributed by atoms with Gasteiger partial charge in [-0.2, -0.15) is 0 Å². The maximum Gasteiger partial charge on any atom is 0.224 e. The molecule has 0 heterocycles. The minimum Gasteiger partial charge on any atom is -0.324 e. The summed E-state index contributed by atoms with van der Waals surface area (Å²) in [6.07, 6.45) is 2.00. The lowest BCUT2D eigenvalue weighted by atomic mass is 10.1. The Morgan fingerprint density at radius 3 is 2.53 bits per heavy atom. The zero-order chi connectivity index (χ0) is 14.6. The van der Waals surface area contributed by atoms with E-state index in [-0.39, 0.29) is 22.9 Å². The summed E-state index contributed by atoms with van der Waals surface area (Å²) in [4.78, 5) is 11.6. The molecule has 1 N–H and O–H groups in total. The second-order valence-electron chi connectivity index (χ2n) is 4.89. The Kier molecular flexibility index (Phi) is 5.05. The summed E-state index contributed by atoms with van der Waals surface area (Å²) in [5.74, 6) is -0.596. The van der Waals surface area contributed by atoms with Gasteiger partial charge < -0.3 is 5.32 Å². The van der Waals surface area contributed by atoms with Crippen molar-refractivity contribution in [2.75, 3.05) is 11.6 Å². The van der Waals surface area contributed by atoms with Gasteiger partial charge in [0.1, 0.15) is 5.82 Å². The van der Waals surface area contributed by atoms with E-state index in [1.165, 1.54) is 6.07 Å². The molecule has 0 aliphatic heterocycles. The van der Waals surface area contributed by atoms with Crippen LogP contribution in [0.15, 0.2) is 23.1 Å². The second kappa shape index (κ2) is 6.14. The molecule has 0 fully saturated rings. The first kappa shape index (κ1) is 15.6. The van der Waals surface area contributed by atoms with Gasteiger partial charge in [-0.25, -0.2) is 12.8 Å². The lowest BCUT2D eigenvalue weighted by molar-refractivity contribution is -0.116. The standard InChI is InChI=1S/C13H18FNO3S/c1-9(2)4-7-13(16)15-12-8-10(19(3,17)18)5-6-11(12)14/h5-6,8-9H,4,7H2,1-3H3,(H,15,16). The van der Waals surface area contributed by atoms with Crippen LogP contribution in [0.25, 0.3) is 0 Å². The SMILES string of the molecule is CC(C)CCC(=O)Nc1cc(S(C)(=O)=O)ccc1F. The fraction of sp³-hybridized carbons (Fsp3) is 0.462. The van der Waals surface area contributed by atoms with Gasteiger partial charge in [0.05, 0.1) is 10.6 Å². The van der Waals surface area contributed by atoms with Crippen molar-refractivity contribution in [3.63, 3.8) is 0 Å². The Labute approximate surface area is 112 Å². The molecule has 4 nitrogen and oxygen atoms in total. The molecule has 0 aliphatic carbocycles. The van der Waals surface area contributed by atoms with Crippen molar-refractivity contribution in [1.29, 1.82) is 0 Å². The molecule has 1 rings (SSSR count). The molecule has 0 radical (unpaired) electrons. The van der Waals surface area contributed by atoms with E-state index in [0.29, 0.717) is 12.3 Å². The Morgan fingerprint density at radius 1 is 1.37 bits per heavy atom. The second-order valence-corrected chi connectivity index (χ2v) is 6.91. The molecule has 0 aliphatic rings. The van der Waals surface area contributed by atoms with Crippen LogP contribution in [-0.2, 0) is 14.6 Å². The largest absolute Gasteiger partial charge is 0.324 e. The van der Waals surface area contributed by atoms with E-state index in [0.717, 1.165) is 18.4 Å². The van der Waals surface area contributed by atoms with Crippen LogP contribution in [0.5, 0.6) is 0 Å². The number of hydrogen-bond acceptors (Lipinski definition) is 3. The van der Waals surface area contributed by atoms with Gasteiger partial charge in [-0.3, -0.25) is 4.79 Å². The van der Waals surface area contributed by atoms with E-state index in [4.69, 9.17) is 0 Å². The average molecular weight is 287 g/mol. The number of amides is 1. The van der Waals surface area contributed by atoms with Crippen LogP contribution in [0.1, 0.15) is 26.7 Å². The van der Waals surface area contributed by atoms with Gasteiger partial charge in [-0.15, -0.1) is 0 Å². The number of halogens is 1. The summed E-state index contributed by atoms with van der Waals surface area (Å²) in [5, 5.41) is 2.40. The maximum atomic E-state index is 13.5. The predicted molar refractivity (Wildman–Crippen MR) is 72.2 cm³/mol. The monoisotopic (exact) mass is 287 g/mol. The van der Waals surface area contributed by atoms with Gasteiger partial charge in [0, 0.05) is 12.7 Å². The third kappa shape index (κ3) is 4.98. The minimum absolute atomic E-state index is 0.0203. The van der Waals surface area contributed by atoms with Crippen molar-refractivity contribution >= 4 is 21.4 Å². The van der Waals surface area contributed by atoms with Gasteiger partial charge in [0.25, 0.3) is 0 Å². The van der Waals surface area contributed by atoms with Crippen molar-refractivity contribution in [2.24, 2.45) is 5.92 Å². The number of benzene rings is 1. The molecule has 0 saturated heterocycles. The third-order valence-corrected chi connectivity index (χ3v) is 3.70. The number of carbonyl (C=O) groups is 1. The fourth-order valence-electron chi connectivity index (χ4n) is 1.46. The molecule has 0 bridgehead atoms. The van der Waals surface area contributed by atoms with E-state index in [1.807, 2.05) is 13.8 Å². The predicted octanol–water partition coefficient (Wildman–Crippen LogP) is 2.60. The lowest BCUT2D eigenvalue weighted by Crippen LogP contribution is -2.14. The molecule has 0 unspecified atom stereocenters. The molecule has 1 aromatic carbocycles. The van der Waals surface area contributed by atoms with Gasteiger partial charge in [0.15, 0.2) is 9.84 Å². The molecular weight excluding hydrogens is 269 g/mol. The highest BCUT2D eigenvalue weighted by Crippen LogP contribution is 2.20. The Bertz CT molecular complexity index is 567. The van der Waals surface area contributed by atoms with Crippen LogP contribution in [0, 0.1) is 11.7 Å². The molecule has 19 heavy (non-hydrogen) atoms. The highest BCUT2D eigenvalue weighted by Gasteiger charge is 2.13. The summed E-state index contributed by atoms with van der Waals surface area (Å²) in [5.41, 5.74) is -0.100. The van der Waals surface area contributed by atoms with Crippen LogP contribution in [0.2, 0.25) is 0 Å². The molecule has 106 valence electrons. The van der Waals surface area contributed by atoms with Crippen molar-refractivity contribution in [2.45, 2.75) is 31.6 Å². The first-order valence-electron chi connectivity index (χ1n) is 5.99. The summed E-state index contributed by atoms with van der Waals surface area (Å²) < 4.78 is 36.2. The van der Waals surface area contributed by atoms with E-state index >= 15 is 0 Å². The zero-order valence-electron chi connectivity index (χ0n) is 11.2. The number of nitrogens with one attached hydrogen (secondary N) is 1. The van der Waals surface area contributed by atoms with Crippen molar-refractivity contribution in [1.82, 2.24) is 0 Å². The summed E-state index contributed by atoms with van der Waals surface area (Å²) in [6, 6.07) is 3.35. The van der Waals surface area contributed by atoms with Gasteiger partial charge in [0.2, 0.25) is 5.91 Å². The molecule has 0 aromatic heterocycles. The van der Waals surface area contributed by atoms with Crippen molar-refractivity contribution in [3.8, 4) is 0 Å². The van der Waals surface area contributed by atoms with Crippen LogP contribution in [0.3, 0.4) is 0 Å². The smallest absolute Gasteiger partial charge is 0.224 e. The molecule has 1 amide bonds. The highest BCUT2D eigenvalue weighted by molar-refractivity contribution is 7.90. The van der Waals surface area contributed by atoms with E-state index < -0.39 is 15.7 Å². The van der Waals surface area contributed by atoms with E-state index in [2.05, 4.69) is 5.32 Å². The number of sulfone groups is 1. The Morgan fingerprint density at radius 2 is 2.00 bits per heavy atom. The molecule has 0 atom stereocenters. The quantitative estimate of drug-likeness (QED) is 0.847. The number of anilines is 1. The summed E-state index contributed by atoms with van der Waals surface area (Å²) in [6.45, 7) is 3.97. The highest BCUT2D eigenvalue weighted by atomic mass is 32.2. The Hall–Kier alpha value is -1.43. The topological polar surface area (TPSA) is 63.2 Å². The van der Waals surface area contributed by atoms with E-state index in [9.17, 15) is 17.6 Å². The average Bonchev–Trinajstić information content (AvgIpc) is 2.28. The van der Waals surface area contributed by atoms with Crippen molar-refractivity contribution < 1.29 is 17.6 Å². The molecule has 0 spiro atoms. The first-order chi connectivity index (χ1) is 8.70. The number of rotatable bonds is 5. The number of hydrogen-bond donors (Lipinski definition) is 1. The third-order valence-electron chi connectivity index (χ3n) is 2.59. The first-order valence-corrected chi connectivity index (χ1v) is 7.88. The maximum absolute atomic E-state index is 13.5. The number of carbonyl (C=O) groups excluding carboxylic acids is 1. The van der Waals surface area contributed by atoms with Gasteiger partial charge in [-0.1, -0.05) is 13.8 Å². The lowest BCUT2D eigenvalue weighted by Gasteiger charge is -2.09. The fourth-order valence-corrected chi connectivity index (χ4v) is 2.11. The normalized spacial score (nSPS) is 11.6. The van der Waals surface area contributed by atoms with E-state index in [1.54, 1.807) is 0 Å². The molecule has 1 aromatic rings. The van der Waals surface area contributed by atoms with Crippen LogP contribution in [0.4, 0.5) is 10.1 Å². The minimum atomic E-state index is -3.42. The molecular formula is C13H18FNO3S. The zero-order valence-corrected chi connectivity index (χ0v) is 12.1. The van der Waals surface area contributed by atoms with Crippen LogP contribution >= 0.6 is 0 Å². The van der Waals surface area contributed by atoms with Crippen LogP contribution in [-0.4, -0.2) is 20.6 Å². The van der Waals surface area contributed by atoms with Crippen LogP contribution < -0.4 is 5.32 Å². The summed E-state index contributed by atoms with van der Waals surface area (Å²) in [7, 11) is -3.42. The molecule has 6 heteroatoms. The Balaban J connectivity index is 2.86. The molecule has 0 saturated carbocycles. The van der Waals surface area contributed by atoms with Crippen molar-refractivity contribution in [3.05, 3.63) is 24.0 Å². The van der Waals surface area contributed by atoms with Gasteiger partial charge >= 0.3 is 0 Å².